The monoisotopic (exact) mass is 487 g/mol. The topological polar surface area (TPSA) is 42.9 Å². The van der Waals surface area contributed by atoms with Crippen molar-refractivity contribution in [2.75, 3.05) is 53.4 Å². The molecule has 0 radical (unpaired) electrons. The van der Waals surface area contributed by atoms with E-state index in [2.05, 4.69) is 76.7 Å². The van der Waals surface area contributed by atoms with Crippen molar-refractivity contribution in [2.24, 2.45) is 10.9 Å². The van der Waals surface area contributed by atoms with Crippen LogP contribution in [0.15, 0.2) is 35.3 Å². The number of guanidine groups is 1. The number of aliphatic imine (C=N–C) groups is 1. The number of likely N-dealkylation sites (N-methyl/N-ethyl adjacent to an activating group) is 1. The lowest BCUT2D eigenvalue weighted by Crippen LogP contribution is -2.46. The van der Waals surface area contributed by atoms with Crippen molar-refractivity contribution in [2.45, 2.75) is 32.7 Å². The van der Waals surface area contributed by atoms with E-state index in [9.17, 15) is 0 Å². The fraction of sp³-hybridized carbons (Fsp3) is 0.667. The maximum absolute atomic E-state index is 4.43. The maximum Gasteiger partial charge on any atom is 0.191 e. The summed E-state index contributed by atoms with van der Waals surface area (Å²) in [5.41, 5.74) is 1.35. The molecule has 0 bridgehead atoms. The molecule has 2 unspecified atom stereocenters. The van der Waals surface area contributed by atoms with Crippen LogP contribution in [0.3, 0.4) is 0 Å². The minimum atomic E-state index is 0. The average molecular weight is 487 g/mol. The molecule has 1 aromatic carbocycles. The van der Waals surface area contributed by atoms with Gasteiger partial charge in [0.1, 0.15) is 0 Å². The summed E-state index contributed by atoms with van der Waals surface area (Å²) in [6, 6.07) is 11.1. The lowest BCUT2D eigenvalue weighted by molar-refractivity contribution is 0.209. The van der Waals surface area contributed by atoms with E-state index in [-0.39, 0.29) is 24.0 Å². The van der Waals surface area contributed by atoms with Crippen LogP contribution in [0.4, 0.5) is 0 Å². The second kappa shape index (κ2) is 13.3. The number of benzene rings is 1. The minimum Gasteiger partial charge on any atom is -0.356 e. The van der Waals surface area contributed by atoms with Gasteiger partial charge in [0.2, 0.25) is 0 Å². The van der Waals surface area contributed by atoms with Crippen molar-refractivity contribution in [3.63, 3.8) is 0 Å². The molecule has 1 aromatic rings. The van der Waals surface area contributed by atoms with Crippen LogP contribution in [-0.2, 0) is 0 Å². The third kappa shape index (κ3) is 7.95. The number of hydrogen-bond donors (Lipinski definition) is 2. The number of likely N-dealkylation sites (tertiary alicyclic amines) is 1. The van der Waals surface area contributed by atoms with Gasteiger partial charge in [0, 0.05) is 26.7 Å². The highest BCUT2D eigenvalue weighted by Gasteiger charge is 2.19. The first kappa shape index (κ1) is 24.2. The zero-order valence-electron chi connectivity index (χ0n) is 17.4. The molecule has 5 nitrogen and oxygen atoms in total. The van der Waals surface area contributed by atoms with E-state index >= 15 is 0 Å². The van der Waals surface area contributed by atoms with Crippen LogP contribution < -0.4 is 10.6 Å². The number of nitrogens with one attached hydrogen (secondary N) is 2. The first-order chi connectivity index (χ1) is 12.7. The molecule has 2 N–H and O–H groups in total. The number of halogens is 1. The molecule has 0 spiro atoms. The van der Waals surface area contributed by atoms with Crippen LogP contribution in [0.25, 0.3) is 0 Å². The van der Waals surface area contributed by atoms with Crippen molar-refractivity contribution in [3.05, 3.63) is 35.9 Å². The molecule has 1 aliphatic heterocycles. The van der Waals surface area contributed by atoms with E-state index in [1.807, 2.05) is 7.05 Å². The summed E-state index contributed by atoms with van der Waals surface area (Å²) < 4.78 is 0. The Morgan fingerprint density at radius 3 is 2.52 bits per heavy atom. The third-order valence-corrected chi connectivity index (χ3v) is 5.40. The predicted molar refractivity (Wildman–Crippen MR) is 127 cm³/mol. The highest BCUT2D eigenvalue weighted by atomic mass is 127. The van der Waals surface area contributed by atoms with Crippen LogP contribution >= 0.6 is 24.0 Å². The summed E-state index contributed by atoms with van der Waals surface area (Å²) >= 11 is 0. The predicted octanol–water partition coefficient (Wildman–Crippen LogP) is 3.19. The van der Waals surface area contributed by atoms with Gasteiger partial charge in [0.25, 0.3) is 0 Å². The van der Waals surface area contributed by atoms with E-state index in [0.717, 1.165) is 32.1 Å². The van der Waals surface area contributed by atoms with Gasteiger partial charge in [0.05, 0.1) is 6.04 Å². The molecule has 2 atom stereocenters. The number of nitrogens with zero attached hydrogens (tertiary/aromatic N) is 3. The summed E-state index contributed by atoms with van der Waals surface area (Å²) in [5.74, 6) is 1.62. The Bertz CT molecular complexity index is 533. The summed E-state index contributed by atoms with van der Waals surface area (Å²) in [4.78, 5) is 9.35. The fourth-order valence-corrected chi connectivity index (χ4v) is 3.89. The molecular weight excluding hydrogens is 449 g/mol. The summed E-state index contributed by atoms with van der Waals surface area (Å²) in [7, 11) is 4.07. The third-order valence-electron chi connectivity index (χ3n) is 5.40. The van der Waals surface area contributed by atoms with Crippen molar-refractivity contribution in [3.8, 4) is 0 Å². The van der Waals surface area contributed by atoms with Crippen molar-refractivity contribution < 1.29 is 0 Å². The second-order valence-corrected chi connectivity index (χ2v) is 7.25. The first-order valence-corrected chi connectivity index (χ1v) is 10.1. The fourth-order valence-electron chi connectivity index (χ4n) is 3.89. The Morgan fingerprint density at radius 2 is 1.93 bits per heavy atom. The Hall–Kier alpha value is -0.860. The van der Waals surface area contributed by atoms with Gasteiger partial charge >= 0.3 is 0 Å². The lowest BCUT2D eigenvalue weighted by atomic mass is 9.98. The van der Waals surface area contributed by atoms with Crippen molar-refractivity contribution in [1.82, 2.24) is 20.4 Å². The Balaban J connectivity index is 0.00000364. The normalized spacial score (nSPS) is 19.4. The molecule has 6 heteroatoms. The Kier molecular flexibility index (Phi) is 11.9. The van der Waals surface area contributed by atoms with Gasteiger partial charge in [-0.1, -0.05) is 44.2 Å². The van der Waals surface area contributed by atoms with Gasteiger partial charge in [0.15, 0.2) is 5.96 Å². The van der Waals surface area contributed by atoms with Gasteiger partial charge in [-0.05, 0) is 51.0 Å². The number of piperidine rings is 1. The van der Waals surface area contributed by atoms with E-state index < -0.39 is 0 Å². The molecular formula is C21H38IN5. The highest BCUT2D eigenvalue weighted by Crippen LogP contribution is 2.19. The van der Waals surface area contributed by atoms with Gasteiger partial charge in [-0.3, -0.25) is 9.89 Å². The molecule has 2 rings (SSSR count). The molecule has 0 aromatic heterocycles. The first-order valence-electron chi connectivity index (χ1n) is 10.1. The van der Waals surface area contributed by atoms with Gasteiger partial charge < -0.3 is 15.5 Å². The van der Waals surface area contributed by atoms with E-state index in [4.69, 9.17) is 0 Å². The highest BCUT2D eigenvalue weighted by molar-refractivity contribution is 14.0. The molecule has 27 heavy (non-hydrogen) atoms. The summed E-state index contributed by atoms with van der Waals surface area (Å²) in [5, 5.41) is 7.09. The SMILES string of the molecule is CCN(CC)C(CNC(=NC)NCC1CCCN(C)C1)c1ccccc1.I. The molecule has 0 saturated carbocycles. The Morgan fingerprint density at radius 1 is 1.22 bits per heavy atom. The van der Waals surface area contributed by atoms with Crippen molar-refractivity contribution in [1.29, 1.82) is 0 Å². The molecule has 1 aliphatic rings. The van der Waals surface area contributed by atoms with Crippen LogP contribution in [0.2, 0.25) is 0 Å². The number of hydrogen-bond acceptors (Lipinski definition) is 3. The Labute approximate surface area is 183 Å². The summed E-state index contributed by atoms with van der Waals surface area (Å²) in [6.07, 6.45) is 2.60. The van der Waals surface area contributed by atoms with Crippen LogP contribution in [0.5, 0.6) is 0 Å². The molecule has 1 fully saturated rings. The van der Waals surface area contributed by atoms with Gasteiger partial charge in [-0.25, -0.2) is 0 Å². The standard InChI is InChI=1S/C21H37N5.HI/c1-5-26(6-2)20(19-12-8-7-9-13-19)16-24-21(22-3)23-15-18-11-10-14-25(4)17-18;/h7-9,12-13,18,20H,5-6,10-11,14-17H2,1-4H3,(H2,22,23,24);1H. The molecule has 0 aliphatic carbocycles. The van der Waals surface area contributed by atoms with Crippen LogP contribution in [-0.4, -0.2) is 69.1 Å². The second-order valence-electron chi connectivity index (χ2n) is 7.25. The van der Waals surface area contributed by atoms with Crippen LogP contribution in [0, 0.1) is 5.92 Å². The van der Waals surface area contributed by atoms with Crippen LogP contribution in [0.1, 0.15) is 38.3 Å². The van der Waals surface area contributed by atoms with Gasteiger partial charge in [-0.2, -0.15) is 0 Å². The smallest absolute Gasteiger partial charge is 0.191 e. The van der Waals surface area contributed by atoms with E-state index in [1.165, 1.54) is 31.5 Å². The minimum absolute atomic E-state index is 0. The van der Waals surface area contributed by atoms with E-state index in [0.29, 0.717) is 12.0 Å². The van der Waals surface area contributed by atoms with E-state index in [1.54, 1.807) is 0 Å². The maximum atomic E-state index is 4.43. The lowest BCUT2D eigenvalue weighted by Gasteiger charge is -2.32. The average Bonchev–Trinajstić information content (AvgIpc) is 2.68. The molecule has 1 saturated heterocycles. The number of rotatable bonds is 8. The van der Waals surface area contributed by atoms with Gasteiger partial charge in [-0.15, -0.1) is 24.0 Å². The zero-order chi connectivity index (χ0) is 18.8. The largest absolute Gasteiger partial charge is 0.356 e. The van der Waals surface area contributed by atoms with Crippen molar-refractivity contribution >= 4 is 29.9 Å². The summed E-state index contributed by atoms with van der Waals surface area (Å²) in [6.45, 7) is 10.8. The molecule has 154 valence electrons. The molecule has 1 heterocycles. The zero-order valence-corrected chi connectivity index (χ0v) is 19.8. The molecule has 0 amide bonds. The quantitative estimate of drug-likeness (QED) is 0.336.